The van der Waals surface area contributed by atoms with Crippen LogP contribution >= 0.6 is 12.4 Å². The minimum absolute atomic E-state index is 0. The minimum Gasteiger partial charge on any atom is -0.482 e. The number of non-ortho nitro benzene ring substituents is 1. The first-order chi connectivity index (χ1) is 13.0. The number of likely N-dealkylation sites (tertiary alicyclic amines) is 1. The molecular formula is C18H25ClN4O5. The number of rotatable bonds is 6. The van der Waals surface area contributed by atoms with E-state index in [-0.39, 0.29) is 48.7 Å². The lowest BCUT2D eigenvalue weighted by atomic mass is 9.96. The first kappa shape index (κ1) is 21.9. The Labute approximate surface area is 169 Å². The number of fused-ring (bicyclic) bond motifs is 1. The number of nitro benzene ring substituents is 1. The van der Waals surface area contributed by atoms with Gasteiger partial charge in [-0.3, -0.25) is 24.6 Å². The number of nitrogens with one attached hydrogen (secondary N) is 1. The molecular weight excluding hydrogens is 388 g/mol. The molecule has 2 amide bonds. The van der Waals surface area contributed by atoms with Gasteiger partial charge in [-0.15, -0.1) is 12.4 Å². The van der Waals surface area contributed by atoms with Crippen molar-refractivity contribution in [1.29, 1.82) is 0 Å². The number of carbonyl (C=O) groups is 2. The third-order valence-electron chi connectivity index (χ3n) is 5.04. The van der Waals surface area contributed by atoms with E-state index in [1.165, 1.54) is 23.1 Å². The van der Waals surface area contributed by atoms with Gasteiger partial charge < -0.3 is 15.0 Å². The monoisotopic (exact) mass is 412 g/mol. The molecule has 1 fully saturated rings. The zero-order chi connectivity index (χ0) is 19.4. The highest BCUT2D eigenvalue weighted by molar-refractivity contribution is 6.02. The molecule has 0 spiro atoms. The van der Waals surface area contributed by atoms with Crippen LogP contribution in [0.2, 0.25) is 0 Å². The molecule has 1 N–H and O–H groups in total. The summed E-state index contributed by atoms with van der Waals surface area (Å²) in [5, 5.41) is 14.4. The maximum absolute atomic E-state index is 12.7. The Bertz CT molecular complexity index is 737. The lowest BCUT2D eigenvalue weighted by Gasteiger charge is -2.35. The number of benzene rings is 1. The molecule has 0 aliphatic carbocycles. The Balaban J connectivity index is 0.00000280. The summed E-state index contributed by atoms with van der Waals surface area (Å²) < 4.78 is 5.33. The Kier molecular flexibility index (Phi) is 7.59. The van der Waals surface area contributed by atoms with E-state index in [2.05, 4.69) is 12.2 Å². The summed E-state index contributed by atoms with van der Waals surface area (Å²) in [6.07, 6.45) is 1.86. The van der Waals surface area contributed by atoms with Crippen LogP contribution in [0.5, 0.6) is 5.75 Å². The van der Waals surface area contributed by atoms with Crippen molar-refractivity contribution in [3.05, 3.63) is 28.3 Å². The summed E-state index contributed by atoms with van der Waals surface area (Å²) in [4.78, 5) is 38.5. The number of hydrogen-bond acceptors (Lipinski definition) is 6. The van der Waals surface area contributed by atoms with Crippen molar-refractivity contribution in [2.75, 3.05) is 44.2 Å². The quantitative estimate of drug-likeness (QED) is 0.562. The molecule has 154 valence electrons. The second-order valence-electron chi connectivity index (χ2n) is 6.81. The van der Waals surface area contributed by atoms with E-state index >= 15 is 0 Å². The van der Waals surface area contributed by atoms with Gasteiger partial charge in [0.1, 0.15) is 12.3 Å². The van der Waals surface area contributed by atoms with Gasteiger partial charge in [-0.2, -0.15) is 0 Å². The van der Waals surface area contributed by atoms with Gasteiger partial charge in [0, 0.05) is 25.2 Å². The number of carbonyl (C=O) groups excluding carboxylic acids is 2. The van der Waals surface area contributed by atoms with E-state index in [1.54, 1.807) is 4.90 Å². The van der Waals surface area contributed by atoms with Crippen LogP contribution in [0.3, 0.4) is 0 Å². The first-order valence-corrected chi connectivity index (χ1v) is 9.19. The summed E-state index contributed by atoms with van der Waals surface area (Å²) in [6.45, 7) is 4.98. The number of amides is 2. The van der Waals surface area contributed by atoms with Gasteiger partial charge in [0.2, 0.25) is 5.91 Å². The fourth-order valence-corrected chi connectivity index (χ4v) is 3.45. The van der Waals surface area contributed by atoms with Gasteiger partial charge in [-0.1, -0.05) is 6.92 Å². The highest BCUT2D eigenvalue weighted by atomic mass is 35.5. The number of halogens is 1. The molecule has 2 aliphatic rings. The van der Waals surface area contributed by atoms with Crippen molar-refractivity contribution < 1.29 is 19.2 Å². The van der Waals surface area contributed by atoms with Gasteiger partial charge in [0.15, 0.2) is 6.61 Å². The topological polar surface area (TPSA) is 105 Å². The summed E-state index contributed by atoms with van der Waals surface area (Å²) in [5.41, 5.74) is 0.129. The zero-order valence-electron chi connectivity index (χ0n) is 15.8. The fourth-order valence-electron chi connectivity index (χ4n) is 3.45. The van der Waals surface area contributed by atoms with E-state index in [0.717, 1.165) is 25.9 Å². The van der Waals surface area contributed by atoms with Crippen LogP contribution in [0.1, 0.15) is 19.8 Å². The highest BCUT2D eigenvalue weighted by Gasteiger charge is 2.31. The molecule has 0 radical (unpaired) electrons. The molecule has 0 atom stereocenters. The number of piperidine rings is 1. The third kappa shape index (κ3) is 4.90. The average Bonchev–Trinajstić information content (AvgIpc) is 2.68. The van der Waals surface area contributed by atoms with Gasteiger partial charge in [0.25, 0.3) is 11.6 Å². The SMILES string of the molecule is CCNCC1CCN(C(=O)CN2C(=O)COc3ccc([N+](=O)[O-])cc32)CC1.Cl. The molecule has 0 aromatic heterocycles. The normalized spacial score (nSPS) is 16.8. The minimum atomic E-state index is -0.533. The van der Waals surface area contributed by atoms with E-state index < -0.39 is 4.92 Å². The molecule has 1 aromatic rings. The van der Waals surface area contributed by atoms with Crippen molar-refractivity contribution in [3.63, 3.8) is 0 Å². The Morgan fingerprint density at radius 1 is 1.36 bits per heavy atom. The van der Waals surface area contributed by atoms with Crippen molar-refractivity contribution in [1.82, 2.24) is 10.2 Å². The molecule has 10 heteroatoms. The number of hydrogen-bond donors (Lipinski definition) is 1. The molecule has 28 heavy (non-hydrogen) atoms. The largest absolute Gasteiger partial charge is 0.482 e. The van der Waals surface area contributed by atoms with Gasteiger partial charge in [-0.05, 0) is 37.9 Å². The number of anilines is 1. The standard InChI is InChI=1S/C18H24N4O5.ClH/c1-2-19-10-13-5-7-20(8-6-13)17(23)11-21-15-9-14(22(25)26)3-4-16(15)27-12-18(21)24;/h3-4,9,13,19H,2,5-8,10-12H2,1H3;1H. The van der Waals surface area contributed by atoms with E-state index in [0.29, 0.717) is 24.8 Å². The van der Waals surface area contributed by atoms with Crippen molar-refractivity contribution >= 4 is 35.6 Å². The predicted molar refractivity (Wildman–Crippen MR) is 106 cm³/mol. The maximum Gasteiger partial charge on any atom is 0.271 e. The Morgan fingerprint density at radius 3 is 2.71 bits per heavy atom. The summed E-state index contributed by atoms with van der Waals surface area (Å²) in [6, 6.07) is 4.07. The smallest absolute Gasteiger partial charge is 0.271 e. The number of nitrogens with zero attached hydrogens (tertiary/aromatic N) is 3. The molecule has 1 saturated heterocycles. The van der Waals surface area contributed by atoms with E-state index in [4.69, 9.17) is 4.74 Å². The van der Waals surface area contributed by atoms with E-state index in [9.17, 15) is 19.7 Å². The summed E-state index contributed by atoms with van der Waals surface area (Å²) >= 11 is 0. The Hall–Kier alpha value is -2.39. The van der Waals surface area contributed by atoms with E-state index in [1.807, 2.05) is 0 Å². The van der Waals surface area contributed by atoms with Crippen molar-refractivity contribution in [2.45, 2.75) is 19.8 Å². The first-order valence-electron chi connectivity index (χ1n) is 9.19. The van der Waals surface area contributed by atoms with Crippen LogP contribution in [0.25, 0.3) is 0 Å². The number of nitro groups is 1. The fraction of sp³-hybridized carbons (Fsp3) is 0.556. The van der Waals surface area contributed by atoms with Crippen molar-refractivity contribution in [3.8, 4) is 5.75 Å². The highest BCUT2D eigenvalue weighted by Crippen LogP contribution is 2.35. The van der Waals surface area contributed by atoms with Gasteiger partial charge in [0.05, 0.1) is 10.6 Å². The molecule has 3 rings (SSSR count). The van der Waals surface area contributed by atoms with Gasteiger partial charge in [-0.25, -0.2) is 0 Å². The lowest BCUT2D eigenvalue weighted by Crippen LogP contribution is -2.48. The van der Waals surface area contributed by atoms with Crippen molar-refractivity contribution in [2.24, 2.45) is 5.92 Å². The predicted octanol–water partition coefficient (Wildman–Crippen LogP) is 1.59. The maximum atomic E-state index is 12.7. The number of ether oxygens (including phenoxy) is 1. The molecule has 0 unspecified atom stereocenters. The van der Waals surface area contributed by atoms with Crippen LogP contribution in [-0.2, 0) is 9.59 Å². The molecule has 9 nitrogen and oxygen atoms in total. The molecule has 1 aromatic carbocycles. The van der Waals surface area contributed by atoms with Crippen LogP contribution < -0.4 is 15.0 Å². The summed E-state index contributed by atoms with van der Waals surface area (Å²) in [5.74, 6) is 0.405. The molecule has 0 saturated carbocycles. The average molecular weight is 413 g/mol. The molecule has 0 bridgehead atoms. The van der Waals surface area contributed by atoms with Crippen LogP contribution in [-0.4, -0.2) is 61.0 Å². The second kappa shape index (κ2) is 9.70. The summed E-state index contributed by atoms with van der Waals surface area (Å²) in [7, 11) is 0. The van der Waals surface area contributed by atoms with Gasteiger partial charge >= 0.3 is 0 Å². The molecule has 2 aliphatic heterocycles. The molecule has 2 heterocycles. The zero-order valence-corrected chi connectivity index (χ0v) is 16.6. The Morgan fingerprint density at radius 2 is 2.07 bits per heavy atom. The van der Waals surface area contributed by atoms with Crippen LogP contribution in [0.4, 0.5) is 11.4 Å². The lowest BCUT2D eigenvalue weighted by molar-refractivity contribution is -0.384. The third-order valence-corrected chi connectivity index (χ3v) is 5.04. The van der Waals surface area contributed by atoms with Crippen LogP contribution in [0, 0.1) is 16.0 Å². The second-order valence-corrected chi connectivity index (χ2v) is 6.81. The van der Waals surface area contributed by atoms with Crippen LogP contribution in [0.15, 0.2) is 18.2 Å².